The molecule has 0 atom stereocenters. The van der Waals surface area contributed by atoms with Crippen LogP contribution in [0.15, 0.2) is 24.3 Å². The Morgan fingerprint density at radius 1 is 1.10 bits per heavy atom. The van der Waals surface area contributed by atoms with E-state index < -0.39 is 0 Å². The Kier molecular flexibility index (Phi) is 5.44. The van der Waals surface area contributed by atoms with Gasteiger partial charge in [0, 0.05) is 18.6 Å². The van der Waals surface area contributed by atoms with Crippen LogP contribution >= 0.6 is 0 Å². The molecule has 2 rings (SSSR count). The highest BCUT2D eigenvalue weighted by atomic mass is 16.3. The largest absolute Gasteiger partial charge is 0.508 e. The van der Waals surface area contributed by atoms with Crippen molar-refractivity contribution in [2.75, 3.05) is 13.1 Å². The standard InChI is InChI=1S/C17H28N2O/c1-2-19(13-15-7-9-16(20)10-8-15)17(14-18)11-5-3-4-6-12-17/h7-10,20H,2-6,11-14,18H2,1H3. The van der Waals surface area contributed by atoms with E-state index >= 15 is 0 Å². The molecule has 1 aliphatic rings. The van der Waals surface area contributed by atoms with Gasteiger partial charge in [0.05, 0.1) is 0 Å². The molecule has 0 heterocycles. The molecule has 1 aliphatic carbocycles. The first kappa shape index (κ1) is 15.3. The SMILES string of the molecule is CCN(Cc1ccc(O)cc1)C1(CN)CCCCCC1. The maximum Gasteiger partial charge on any atom is 0.115 e. The first-order valence-electron chi connectivity index (χ1n) is 7.93. The molecule has 112 valence electrons. The Morgan fingerprint density at radius 2 is 1.70 bits per heavy atom. The number of nitrogens with zero attached hydrogens (tertiary/aromatic N) is 1. The zero-order chi connectivity index (χ0) is 14.4. The van der Waals surface area contributed by atoms with E-state index in [-0.39, 0.29) is 5.54 Å². The van der Waals surface area contributed by atoms with Crippen molar-refractivity contribution in [3.05, 3.63) is 29.8 Å². The van der Waals surface area contributed by atoms with E-state index in [0.717, 1.165) is 19.6 Å². The van der Waals surface area contributed by atoms with E-state index in [1.807, 2.05) is 12.1 Å². The van der Waals surface area contributed by atoms with E-state index in [4.69, 9.17) is 5.73 Å². The second-order valence-electron chi connectivity index (χ2n) is 6.02. The van der Waals surface area contributed by atoms with Gasteiger partial charge in [0.1, 0.15) is 5.75 Å². The van der Waals surface area contributed by atoms with E-state index in [1.54, 1.807) is 12.1 Å². The van der Waals surface area contributed by atoms with Gasteiger partial charge in [0.15, 0.2) is 0 Å². The van der Waals surface area contributed by atoms with Crippen molar-refractivity contribution in [1.82, 2.24) is 4.90 Å². The first-order valence-corrected chi connectivity index (χ1v) is 7.93. The molecular weight excluding hydrogens is 248 g/mol. The number of aromatic hydroxyl groups is 1. The molecule has 0 radical (unpaired) electrons. The van der Waals surface area contributed by atoms with Crippen molar-refractivity contribution in [2.24, 2.45) is 5.73 Å². The van der Waals surface area contributed by atoms with Crippen LogP contribution in [0.25, 0.3) is 0 Å². The summed E-state index contributed by atoms with van der Waals surface area (Å²) in [5.41, 5.74) is 7.60. The molecule has 0 spiro atoms. The highest BCUT2D eigenvalue weighted by Crippen LogP contribution is 2.33. The maximum atomic E-state index is 9.40. The lowest BCUT2D eigenvalue weighted by molar-refractivity contribution is 0.0756. The number of phenolic OH excluding ortho intramolecular Hbond substituents is 1. The zero-order valence-electron chi connectivity index (χ0n) is 12.6. The molecule has 1 aromatic rings. The summed E-state index contributed by atoms with van der Waals surface area (Å²) in [4.78, 5) is 2.55. The van der Waals surface area contributed by atoms with Gasteiger partial charge in [-0.3, -0.25) is 4.90 Å². The van der Waals surface area contributed by atoms with Crippen LogP contribution in [0, 0.1) is 0 Å². The third-order valence-corrected chi connectivity index (χ3v) is 4.78. The van der Waals surface area contributed by atoms with Gasteiger partial charge in [-0.25, -0.2) is 0 Å². The Bertz CT molecular complexity index is 394. The predicted molar refractivity (Wildman–Crippen MR) is 83.7 cm³/mol. The molecule has 0 unspecified atom stereocenters. The predicted octanol–water partition coefficient (Wildman–Crippen LogP) is 3.27. The zero-order valence-corrected chi connectivity index (χ0v) is 12.6. The van der Waals surface area contributed by atoms with E-state index in [0.29, 0.717) is 5.75 Å². The van der Waals surface area contributed by atoms with E-state index in [9.17, 15) is 5.11 Å². The fraction of sp³-hybridized carbons (Fsp3) is 0.647. The van der Waals surface area contributed by atoms with Gasteiger partial charge >= 0.3 is 0 Å². The molecule has 1 saturated carbocycles. The van der Waals surface area contributed by atoms with Crippen molar-refractivity contribution in [1.29, 1.82) is 0 Å². The summed E-state index contributed by atoms with van der Waals surface area (Å²) in [5, 5.41) is 9.40. The highest BCUT2D eigenvalue weighted by molar-refractivity contribution is 5.26. The number of likely N-dealkylation sites (N-methyl/N-ethyl adjacent to an activating group) is 1. The second-order valence-corrected chi connectivity index (χ2v) is 6.02. The fourth-order valence-corrected chi connectivity index (χ4v) is 3.47. The molecule has 0 bridgehead atoms. The molecular formula is C17H28N2O. The van der Waals surface area contributed by atoms with Crippen molar-refractivity contribution < 1.29 is 5.11 Å². The molecule has 20 heavy (non-hydrogen) atoms. The quantitative estimate of drug-likeness (QED) is 0.812. The van der Waals surface area contributed by atoms with Gasteiger partial charge < -0.3 is 10.8 Å². The van der Waals surface area contributed by atoms with Gasteiger partial charge in [-0.1, -0.05) is 44.7 Å². The molecule has 1 aromatic carbocycles. The van der Waals surface area contributed by atoms with Crippen LogP contribution < -0.4 is 5.73 Å². The monoisotopic (exact) mass is 276 g/mol. The number of hydrogen-bond acceptors (Lipinski definition) is 3. The smallest absolute Gasteiger partial charge is 0.115 e. The molecule has 1 fully saturated rings. The number of nitrogens with two attached hydrogens (primary N) is 1. The first-order chi connectivity index (χ1) is 9.70. The number of rotatable bonds is 5. The Labute approximate surface area is 122 Å². The molecule has 0 amide bonds. The van der Waals surface area contributed by atoms with Gasteiger partial charge in [0.2, 0.25) is 0 Å². The van der Waals surface area contributed by atoms with Crippen molar-refractivity contribution in [3.8, 4) is 5.75 Å². The Morgan fingerprint density at radius 3 is 2.20 bits per heavy atom. The van der Waals surface area contributed by atoms with Crippen LogP contribution in [0.5, 0.6) is 5.75 Å². The van der Waals surface area contributed by atoms with Gasteiger partial charge in [-0.15, -0.1) is 0 Å². The van der Waals surface area contributed by atoms with Crippen LogP contribution in [0.4, 0.5) is 0 Å². The number of hydrogen-bond donors (Lipinski definition) is 2. The normalized spacial score (nSPS) is 18.9. The lowest BCUT2D eigenvalue weighted by Crippen LogP contribution is -2.53. The molecule has 0 saturated heterocycles. The third kappa shape index (κ3) is 3.53. The average molecular weight is 276 g/mol. The number of benzene rings is 1. The van der Waals surface area contributed by atoms with Crippen LogP contribution in [0.1, 0.15) is 51.0 Å². The third-order valence-electron chi connectivity index (χ3n) is 4.78. The van der Waals surface area contributed by atoms with Gasteiger partial charge in [-0.2, -0.15) is 0 Å². The molecule has 3 heteroatoms. The van der Waals surface area contributed by atoms with E-state index in [2.05, 4.69) is 11.8 Å². The summed E-state index contributed by atoms with van der Waals surface area (Å²) in [7, 11) is 0. The van der Waals surface area contributed by atoms with Gasteiger partial charge in [0.25, 0.3) is 0 Å². The van der Waals surface area contributed by atoms with Crippen molar-refractivity contribution in [2.45, 2.75) is 57.5 Å². The number of phenols is 1. The van der Waals surface area contributed by atoms with Crippen molar-refractivity contribution >= 4 is 0 Å². The summed E-state index contributed by atoms with van der Waals surface area (Å²) in [5.74, 6) is 0.333. The van der Waals surface area contributed by atoms with E-state index in [1.165, 1.54) is 44.1 Å². The second kappa shape index (κ2) is 7.09. The summed E-state index contributed by atoms with van der Waals surface area (Å²) in [6, 6.07) is 7.56. The topological polar surface area (TPSA) is 49.5 Å². The summed E-state index contributed by atoms with van der Waals surface area (Å²) in [6.07, 6.45) is 7.72. The molecule has 3 nitrogen and oxygen atoms in total. The minimum absolute atomic E-state index is 0.170. The fourth-order valence-electron chi connectivity index (χ4n) is 3.47. The van der Waals surface area contributed by atoms with Crippen molar-refractivity contribution in [3.63, 3.8) is 0 Å². The molecule has 3 N–H and O–H groups in total. The highest BCUT2D eigenvalue weighted by Gasteiger charge is 2.34. The Balaban J connectivity index is 2.13. The molecule has 0 aliphatic heterocycles. The van der Waals surface area contributed by atoms with Crippen LogP contribution in [-0.2, 0) is 6.54 Å². The average Bonchev–Trinajstić information content (AvgIpc) is 2.73. The summed E-state index contributed by atoms with van der Waals surface area (Å²) >= 11 is 0. The maximum absolute atomic E-state index is 9.40. The minimum Gasteiger partial charge on any atom is -0.508 e. The lowest BCUT2D eigenvalue weighted by atomic mass is 9.87. The van der Waals surface area contributed by atoms with Crippen LogP contribution in [0.2, 0.25) is 0 Å². The summed E-state index contributed by atoms with van der Waals surface area (Å²) in [6.45, 7) is 4.92. The van der Waals surface area contributed by atoms with Crippen LogP contribution in [-0.4, -0.2) is 28.6 Å². The van der Waals surface area contributed by atoms with Crippen LogP contribution in [0.3, 0.4) is 0 Å². The minimum atomic E-state index is 0.170. The molecule has 0 aromatic heterocycles. The summed E-state index contributed by atoms with van der Waals surface area (Å²) < 4.78 is 0. The Hall–Kier alpha value is -1.06. The lowest BCUT2D eigenvalue weighted by Gasteiger charge is -2.43. The van der Waals surface area contributed by atoms with Gasteiger partial charge in [-0.05, 0) is 37.1 Å².